The van der Waals surface area contributed by atoms with Crippen molar-refractivity contribution in [2.24, 2.45) is 4.99 Å². The number of rotatable bonds is 2. The normalized spacial score (nSPS) is 16.5. The van der Waals surface area contributed by atoms with Crippen LogP contribution in [0.15, 0.2) is 47.5 Å². The first-order valence-corrected chi connectivity index (χ1v) is 9.18. The van der Waals surface area contributed by atoms with Gasteiger partial charge in [-0.3, -0.25) is 0 Å². The van der Waals surface area contributed by atoms with Gasteiger partial charge >= 0.3 is 0 Å². The van der Waals surface area contributed by atoms with Gasteiger partial charge in [-0.15, -0.1) is 5.10 Å². The molecule has 6 nitrogen and oxygen atoms in total. The number of aliphatic imine (C=N–C) groups is 1. The van der Waals surface area contributed by atoms with Crippen LogP contribution in [0, 0.1) is 0 Å². The molecule has 1 aromatic heterocycles. The third-order valence-electron chi connectivity index (χ3n) is 4.18. The van der Waals surface area contributed by atoms with E-state index in [1.165, 1.54) is 0 Å². The second-order valence-electron chi connectivity index (χ2n) is 7.24. The summed E-state index contributed by atoms with van der Waals surface area (Å²) in [5.74, 6) is 1.07. The molecular formula is C19H17Cl2N5O. The highest BCUT2D eigenvalue weighted by Crippen LogP contribution is 2.39. The Kier molecular flexibility index (Phi) is 4.40. The zero-order valence-corrected chi connectivity index (χ0v) is 16.5. The minimum absolute atomic E-state index is 0.310. The van der Waals surface area contributed by atoms with Gasteiger partial charge < -0.3 is 4.74 Å². The predicted molar refractivity (Wildman–Crippen MR) is 105 cm³/mol. The quantitative estimate of drug-likeness (QED) is 0.610. The molecule has 1 aliphatic heterocycles. The van der Waals surface area contributed by atoms with Gasteiger partial charge in [0.1, 0.15) is 0 Å². The van der Waals surface area contributed by atoms with Crippen LogP contribution in [0.4, 0.5) is 5.69 Å². The molecule has 0 fully saturated rings. The average molecular weight is 402 g/mol. The molecule has 0 bridgehead atoms. The first-order chi connectivity index (χ1) is 12.8. The number of hydrogen-bond donors (Lipinski definition) is 0. The number of halogens is 2. The molecule has 0 spiro atoms. The summed E-state index contributed by atoms with van der Waals surface area (Å²) in [6.07, 6.45) is -0.531. The molecule has 0 radical (unpaired) electrons. The molecular weight excluding hydrogens is 385 g/mol. The zero-order valence-electron chi connectivity index (χ0n) is 15.0. The van der Waals surface area contributed by atoms with E-state index in [9.17, 15) is 0 Å². The number of tetrazole rings is 1. The molecule has 0 amide bonds. The third-order valence-corrected chi connectivity index (χ3v) is 4.67. The molecule has 0 saturated heterocycles. The maximum absolute atomic E-state index is 6.26. The maximum Gasteiger partial charge on any atom is 0.222 e. The van der Waals surface area contributed by atoms with Gasteiger partial charge in [0, 0.05) is 21.2 Å². The Morgan fingerprint density at radius 3 is 2.41 bits per heavy atom. The summed E-state index contributed by atoms with van der Waals surface area (Å²) in [6, 6.07) is 12.8. The van der Waals surface area contributed by atoms with Crippen molar-refractivity contribution in [3.63, 3.8) is 0 Å². The number of fused-ring (bicyclic) bond motifs is 1. The second-order valence-corrected chi connectivity index (χ2v) is 8.12. The lowest BCUT2D eigenvalue weighted by Gasteiger charge is -2.28. The summed E-state index contributed by atoms with van der Waals surface area (Å²) >= 11 is 12.2. The molecule has 8 heteroatoms. The van der Waals surface area contributed by atoms with Crippen LogP contribution in [0.1, 0.15) is 43.8 Å². The molecule has 1 unspecified atom stereocenters. The highest BCUT2D eigenvalue weighted by molar-refractivity contribution is 6.31. The van der Waals surface area contributed by atoms with Crippen LogP contribution in [0.5, 0.6) is 0 Å². The summed E-state index contributed by atoms with van der Waals surface area (Å²) in [7, 11) is 0. The predicted octanol–water partition coefficient (Wildman–Crippen LogP) is 4.93. The number of ether oxygens (including phenoxy) is 1. The third kappa shape index (κ3) is 3.42. The number of nitrogens with zero attached hydrogens (tertiary/aromatic N) is 5. The van der Waals surface area contributed by atoms with Crippen LogP contribution in [0.2, 0.25) is 10.0 Å². The van der Waals surface area contributed by atoms with E-state index in [0.717, 1.165) is 16.8 Å². The van der Waals surface area contributed by atoms with Crippen molar-refractivity contribution < 1.29 is 4.74 Å². The zero-order chi connectivity index (χ0) is 19.2. The Balaban J connectivity index is 1.86. The van der Waals surface area contributed by atoms with Gasteiger partial charge in [-0.2, -0.15) is 0 Å². The maximum atomic E-state index is 6.26. The summed E-state index contributed by atoms with van der Waals surface area (Å²) in [5.41, 5.74) is 2.10. The molecule has 138 valence electrons. The largest absolute Gasteiger partial charge is 0.461 e. The van der Waals surface area contributed by atoms with Gasteiger partial charge in [0.2, 0.25) is 5.90 Å². The van der Waals surface area contributed by atoms with Crippen LogP contribution in [-0.2, 0) is 10.3 Å². The van der Waals surface area contributed by atoms with Crippen LogP contribution >= 0.6 is 23.2 Å². The van der Waals surface area contributed by atoms with Gasteiger partial charge in [-0.25, -0.2) is 9.67 Å². The number of benzene rings is 2. The number of aromatic nitrogens is 4. The van der Waals surface area contributed by atoms with Gasteiger partial charge in [0.15, 0.2) is 11.9 Å². The summed E-state index contributed by atoms with van der Waals surface area (Å²) in [6.45, 7) is 6.09. The fraction of sp³-hybridized carbons (Fsp3) is 0.263. The van der Waals surface area contributed by atoms with E-state index >= 15 is 0 Å². The highest BCUT2D eigenvalue weighted by atomic mass is 35.5. The highest BCUT2D eigenvalue weighted by Gasteiger charge is 2.33. The molecule has 1 atom stereocenters. The van der Waals surface area contributed by atoms with E-state index in [4.69, 9.17) is 27.9 Å². The standard InChI is InChI=1S/C19H17Cl2N5O/c1-19(2,3)26-17(23-24-25-26)16-14-10-13(21)8-9-15(14)22-18(27-16)11-4-6-12(20)7-5-11/h4-10,16H,1-3H3. The Labute approximate surface area is 166 Å². The summed E-state index contributed by atoms with van der Waals surface area (Å²) in [5, 5.41) is 13.5. The Morgan fingerprint density at radius 2 is 1.70 bits per heavy atom. The van der Waals surface area contributed by atoms with Crippen molar-refractivity contribution in [1.29, 1.82) is 0 Å². The molecule has 1 aliphatic rings. The Hall–Kier alpha value is -2.44. The molecule has 4 rings (SSSR count). The Bertz CT molecular complexity index is 1020. The van der Waals surface area contributed by atoms with Crippen molar-refractivity contribution in [1.82, 2.24) is 20.2 Å². The van der Waals surface area contributed by atoms with Gasteiger partial charge in [0.25, 0.3) is 0 Å². The smallest absolute Gasteiger partial charge is 0.222 e. The van der Waals surface area contributed by atoms with E-state index in [2.05, 4.69) is 20.5 Å². The molecule has 0 N–H and O–H groups in total. The number of hydrogen-bond acceptors (Lipinski definition) is 5. The van der Waals surface area contributed by atoms with Gasteiger partial charge in [-0.05, 0) is 73.7 Å². The second kappa shape index (κ2) is 6.62. The molecule has 2 aromatic carbocycles. The monoisotopic (exact) mass is 401 g/mol. The lowest BCUT2D eigenvalue weighted by molar-refractivity contribution is 0.197. The van der Waals surface area contributed by atoms with E-state index in [0.29, 0.717) is 21.8 Å². The van der Waals surface area contributed by atoms with E-state index in [1.54, 1.807) is 22.9 Å². The van der Waals surface area contributed by atoms with Crippen LogP contribution in [-0.4, -0.2) is 26.1 Å². The van der Waals surface area contributed by atoms with Crippen LogP contribution < -0.4 is 0 Å². The molecule has 0 aliphatic carbocycles. The molecule has 27 heavy (non-hydrogen) atoms. The van der Waals surface area contributed by atoms with E-state index < -0.39 is 6.10 Å². The van der Waals surface area contributed by atoms with Crippen molar-refractivity contribution in [2.75, 3.05) is 0 Å². The first kappa shape index (κ1) is 17.9. The minimum Gasteiger partial charge on any atom is -0.461 e. The molecule has 3 aromatic rings. The summed E-state index contributed by atoms with van der Waals surface area (Å²) in [4.78, 5) is 4.65. The SMILES string of the molecule is CC(C)(C)n1nnnc1C1OC(c2ccc(Cl)cc2)=Nc2ccc(Cl)cc21. The lowest BCUT2D eigenvalue weighted by atomic mass is 10.0. The minimum atomic E-state index is -0.531. The fourth-order valence-corrected chi connectivity index (χ4v) is 3.21. The van der Waals surface area contributed by atoms with Crippen LogP contribution in [0.3, 0.4) is 0 Å². The fourth-order valence-electron chi connectivity index (χ4n) is 2.90. The van der Waals surface area contributed by atoms with Crippen molar-refractivity contribution >= 4 is 34.8 Å². The van der Waals surface area contributed by atoms with Gasteiger partial charge in [0.05, 0.1) is 11.2 Å². The average Bonchev–Trinajstić information content (AvgIpc) is 3.11. The van der Waals surface area contributed by atoms with Crippen molar-refractivity contribution in [2.45, 2.75) is 32.4 Å². The molecule has 0 saturated carbocycles. The topological polar surface area (TPSA) is 65.2 Å². The first-order valence-electron chi connectivity index (χ1n) is 8.42. The van der Waals surface area contributed by atoms with Crippen molar-refractivity contribution in [3.05, 3.63) is 69.5 Å². The van der Waals surface area contributed by atoms with Crippen LogP contribution in [0.25, 0.3) is 0 Å². The van der Waals surface area contributed by atoms with E-state index in [1.807, 2.05) is 45.0 Å². The Morgan fingerprint density at radius 1 is 1.00 bits per heavy atom. The lowest BCUT2D eigenvalue weighted by Crippen LogP contribution is -2.29. The van der Waals surface area contributed by atoms with Crippen molar-refractivity contribution in [3.8, 4) is 0 Å². The van der Waals surface area contributed by atoms with Gasteiger partial charge in [-0.1, -0.05) is 23.2 Å². The summed E-state index contributed by atoms with van der Waals surface area (Å²) < 4.78 is 8.02. The van der Waals surface area contributed by atoms with E-state index in [-0.39, 0.29) is 5.54 Å². The molecule has 2 heterocycles.